The maximum atomic E-state index is 12.1. The number of carbonyl (C=O) groups is 1. The van der Waals surface area contributed by atoms with Gasteiger partial charge < -0.3 is 14.6 Å². The molecule has 1 fully saturated rings. The van der Waals surface area contributed by atoms with E-state index >= 15 is 0 Å². The summed E-state index contributed by atoms with van der Waals surface area (Å²) >= 11 is 5.73. The molecule has 0 radical (unpaired) electrons. The number of nitriles is 1. The molecule has 1 aromatic rings. The van der Waals surface area contributed by atoms with E-state index in [4.69, 9.17) is 21.3 Å². The topological polar surface area (TPSA) is 69.3 Å². The van der Waals surface area contributed by atoms with E-state index in [1.54, 1.807) is 0 Å². The van der Waals surface area contributed by atoms with Crippen molar-refractivity contribution in [2.24, 2.45) is 0 Å². The summed E-state index contributed by atoms with van der Waals surface area (Å²) in [4.78, 5) is 13.6. The first-order chi connectivity index (χ1) is 7.74. The van der Waals surface area contributed by atoms with E-state index in [2.05, 4.69) is 11.4 Å². The molecule has 0 aliphatic carbocycles. The molecule has 1 unspecified atom stereocenters. The lowest BCUT2D eigenvalue weighted by Gasteiger charge is -2.31. The highest BCUT2D eigenvalue weighted by molar-refractivity contribution is 6.32. The van der Waals surface area contributed by atoms with Gasteiger partial charge in [-0.1, -0.05) is 0 Å². The predicted octanol–water partition coefficient (Wildman–Crippen LogP) is 0.871. The van der Waals surface area contributed by atoms with Crippen LogP contribution in [-0.2, 0) is 0 Å². The van der Waals surface area contributed by atoms with Gasteiger partial charge in [0.2, 0.25) is 5.22 Å². The maximum absolute atomic E-state index is 12.1. The molecule has 6 heteroatoms. The number of halogens is 1. The van der Waals surface area contributed by atoms with Gasteiger partial charge >= 0.3 is 0 Å². The Morgan fingerprint density at radius 1 is 1.75 bits per heavy atom. The lowest BCUT2D eigenvalue weighted by atomic mass is 10.2. The normalized spacial score (nSPS) is 20.5. The first-order valence-corrected chi connectivity index (χ1v) is 5.26. The summed E-state index contributed by atoms with van der Waals surface area (Å²) < 4.78 is 4.86. The molecule has 1 atom stereocenters. The fourth-order valence-electron chi connectivity index (χ4n) is 1.66. The summed E-state index contributed by atoms with van der Waals surface area (Å²) in [5, 5.41) is 12.1. The van der Waals surface area contributed by atoms with E-state index < -0.39 is 6.04 Å². The summed E-state index contributed by atoms with van der Waals surface area (Å²) in [6.45, 7) is 1.66. The summed E-state index contributed by atoms with van der Waals surface area (Å²) in [5.74, 6) is -0.258. The van der Waals surface area contributed by atoms with E-state index in [0.717, 1.165) is 0 Å². The number of nitrogens with zero attached hydrogens (tertiary/aromatic N) is 2. The van der Waals surface area contributed by atoms with Gasteiger partial charge in [0, 0.05) is 19.6 Å². The summed E-state index contributed by atoms with van der Waals surface area (Å²) in [5.41, 5.74) is 0.309. The molecule has 5 nitrogen and oxygen atoms in total. The molecule has 0 aromatic carbocycles. The van der Waals surface area contributed by atoms with Crippen molar-refractivity contribution >= 4 is 17.5 Å². The van der Waals surface area contributed by atoms with Gasteiger partial charge in [0.25, 0.3) is 5.91 Å². The van der Waals surface area contributed by atoms with Crippen molar-refractivity contribution in [3.63, 3.8) is 0 Å². The first-order valence-electron chi connectivity index (χ1n) is 4.88. The molecule has 0 spiro atoms. The highest BCUT2D eigenvalue weighted by Crippen LogP contribution is 2.20. The molecular formula is C10H10ClN3O2. The van der Waals surface area contributed by atoms with Crippen LogP contribution in [0.5, 0.6) is 0 Å². The zero-order chi connectivity index (χ0) is 11.5. The number of rotatable bonds is 1. The van der Waals surface area contributed by atoms with Crippen LogP contribution in [0.1, 0.15) is 10.4 Å². The van der Waals surface area contributed by atoms with Gasteiger partial charge in [-0.25, -0.2) is 0 Å². The Morgan fingerprint density at radius 3 is 3.19 bits per heavy atom. The van der Waals surface area contributed by atoms with Gasteiger partial charge in [0.15, 0.2) is 0 Å². The fraction of sp³-hybridized carbons (Fsp3) is 0.400. The SMILES string of the molecule is N#CC1CNCCN1C(=O)c1ccoc1Cl. The summed E-state index contributed by atoms with van der Waals surface area (Å²) in [7, 11) is 0. The summed E-state index contributed by atoms with van der Waals surface area (Å²) in [6, 6.07) is 3.15. The van der Waals surface area contributed by atoms with E-state index in [9.17, 15) is 4.79 Å². The molecule has 84 valence electrons. The van der Waals surface area contributed by atoms with Crippen molar-refractivity contribution in [3.8, 4) is 6.07 Å². The zero-order valence-electron chi connectivity index (χ0n) is 8.44. The Labute approximate surface area is 97.6 Å². The Hall–Kier alpha value is -1.51. The highest BCUT2D eigenvalue weighted by atomic mass is 35.5. The Morgan fingerprint density at radius 2 is 2.56 bits per heavy atom. The number of hydrogen-bond donors (Lipinski definition) is 1. The molecule has 2 heterocycles. The van der Waals surface area contributed by atoms with Gasteiger partial charge in [-0.2, -0.15) is 5.26 Å². The van der Waals surface area contributed by atoms with Gasteiger partial charge in [-0.05, 0) is 17.7 Å². The third kappa shape index (κ3) is 1.90. The van der Waals surface area contributed by atoms with Crippen molar-refractivity contribution in [1.29, 1.82) is 5.26 Å². The second-order valence-electron chi connectivity index (χ2n) is 3.46. The molecule has 1 aliphatic rings. The van der Waals surface area contributed by atoms with Gasteiger partial charge in [-0.3, -0.25) is 4.79 Å². The second-order valence-corrected chi connectivity index (χ2v) is 3.80. The molecule has 1 N–H and O–H groups in total. The lowest BCUT2D eigenvalue weighted by Crippen LogP contribution is -2.53. The number of carbonyl (C=O) groups excluding carboxylic acids is 1. The standard InChI is InChI=1S/C10H10ClN3O2/c11-9-8(1-4-16-9)10(15)14-3-2-13-6-7(14)5-12/h1,4,7,13H,2-3,6H2. The van der Waals surface area contributed by atoms with Crippen molar-refractivity contribution < 1.29 is 9.21 Å². The molecule has 1 aliphatic heterocycles. The van der Waals surface area contributed by atoms with E-state index in [0.29, 0.717) is 25.2 Å². The van der Waals surface area contributed by atoms with Crippen LogP contribution in [0.15, 0.2) is 16.7 Å². The van der Waals surface area contributed by atoms with E-state index in [-0.39, 0.29) is 11.1 Å². The van der Waals surface area contributed by atoms with Crippen molar-refractivity contribution in [1.82, 2.24) is 10.2 Å². The number of hydrogen-bond acceptors (Lipinski definition) is 4. The first kappa shape index (κ1) is 11.0. The Bertz CT molecular complexity index is 438. The minimum atomic E-state index is -0.452. The lowest BCUT2D eigenvalue weighted by molar-refractivity contribution is 0.0686. The number of piperazine rings is 1. The van der Waals surface area contributed by atoms with Gasteiger partial charge in [-0.15, -0.1) is 0 Å². The zero-order valence-corrected chi connectivity index (χ0v) is 9.20. The Kier molecular flexibility index (Phi) is 3.13. The largest absolute Gasteiger partial charge is 0.452 e. The molecule has 0 bridgehead atoms. The van der Waals surface area contributed by atoms with Crippen LogP contribution < -0.4 is 5.32 Å². The molecule has 16 heavy (non-hydrogen) atoms. The van der Waals surface area contributed by atoms with Crippen LogP contribution in [-0.4, -0.2) is 36.5 Å². The highest BCUT2D eigenvalue weighted by Gasteiger charge is 2.29. The average Bonchev–Trinajstić information content (AvgIpc) is 2.74. The molecule has 0 saturated carbocycles. The molecular weight excluding hydrogens is 230 g/mol. The average molecular weight is 240 g/mol. The molecule has 1 amide bonds. The maximum Gasteiger partial charge on any atom is 0.259 e. The minimum Gasteiger partial charge on any atom is -0.452 e. The fourth-order valence-corrected chi connectivity index (χ4v) is 1.86. The van der Waals surface area contributed by atoms with Crippen molar-refractivity contribution in [2.75, 3.05) is 19.6 Å². The van der Waals surface area contributed by atoms with Crippen molar-refractivity contribution in [3.05, 3.63) is 23.1 Å². The number of amides is 1. The van der Waals surface area contributed by atoms with Gasteiger partial charge in [0.05, 0.1) is 17.9 Å². The molecule has 1 aromatic heterocycles. The molecule has 1 saturated heterocycles. The monoisotopic (exact) mass is 239 g/mol. The van der Waals surface area contributed by atoms with Crippen LogP contribution in [0.2, 0.25) is 5.22 Å². The Balaban J connectivity index is 2.21. The summed E-state index contributed by atoms with van der Waals surface area (Å²) in [6.07, 6.45) is 1.36. The number of furan rings is 1. The number of nitrogens with one attached hydrogen (secondary N) is 1. The van der Waals surface area contributed by atoms with Crippen LogP contribution in [0.25, 0.3) is 0 Å². The van der Waals surface area contributed by atoms with Crippen molar-refractivity contribution in [2.45, 2.75) is 6.04 Å². The molecule has 2 rings (SSSR count). The van der Waals surface area contributed by atoms with Gasteiger partial charge in [0.1, 0.15) is 6.04 Å². The minimum absolute atomic E-state index is 0.0697. The predicted molar refractivity (Wildman–Crippen MR) is 57.0 cm³/mol. The van der Waals surface area contributed by atoms with Crippen LogP contribution in [0.4, 0.5) is 0 Å². The van der Waals surface area contributed by atoms with Crippen LogP contribution in [0, 0.1) is 11.3 Å². The second kappa shape index (κ2) is 4.56. The van der Waals surface area contributed by atoms with E-state index in [1.165, 1.54) is 17.2 Å². The quantitative estimate of drug-likeness (QED) is 0.790. The van der Waals surface area contributed by atoms with E-state index in [1.807, 2.05) is 0 Å². The smallest absolute Gasteiger partial charge is 0.259 e. The third-order valence-corrected chi connectivity index (χ3v) is 2.79. The van der Waals surface area contributed by atoms with Crippen LogP contribution >= 0.6 is 11.6 Å². The van der Waals surface area contributed by atoms with Crippen LogP contribution in [0.3, 0.4) is 0 Å². The third-order valence-electron chi connectivity index (χ3n) is 2.50.